The van der Waals surface area contributed by atoms with Crippen LogP contribution in [0.15, 0.2) is 41.6 Å². The predicted octanol–water partition coefficient (Wildman–Crippen LogP) is 2.29. The Morgan fingerprint density at radius 1 is 0.536 bits per heavy atom. The molecule has 0 spiro atoms. The van der Waals surface area contributed by atoms with Gasteiger partial charge in [-0.1, -0.05) is 31.4 Å². The molecule has 27 heteroatoms. The fourth-order valence-electron chi connectivity index (χ4n) is 9.44. The fourth-order valence-corrected chi connectivity index (χ4v) is 12.6. The number of hydrogen-bond donors (Lipinski definition) is 6. The van der Waals surface area contributed by atoms with Crippen molar-refractivity contribution in [2.75, 3.05) is 164 Å². The molecule has 0 radical (unpaired) electrons. The Morgan fingerprint density at radius 2 is 1.00 bits per heavy atom. The first-order valence-corrected chi connectivity index (χ1v) is 32.5. The number of piperazine rings is 1. The van der Waals surface area contributed by atoms with Crippen molar-refractivity contribution in [3.8, 4) is 0 Å². The maximum Gasteiger partial charge on any atom is 0.315 e. The second kappa shape index (κ2) is 42.9. The van der Waals surface area contributed by atoms with Crippen LogP contribution in [0.1, 0.15) is 89.9 Å². The molecule has 0 bridgehead atoms. The fraction of sp³-hybridized carbons (Fsp3) is 0.737. The molecule has 3 saturated heterocycles. The Labute approximate surface area is 499 Å². The van der Waals surface area contributed by atoms with Gasteiger partial charge in [0, 0.05) is 119 Å². The molecule has 3 aliphatic rings. The van der Waals surface area contributed by atoms with Crippen molar-refractivity contribution in [1.82, 2.24) is 46.1 Å². The van der Waals surface area contributed by atoms with Gasteiger partial charge in [0.25, 0.3) is 0 Å². The lowest BCUT2D eigenvalue weighted by Gasteiger charge is -2.34. The Hall–Kier alpha value is -4.81. The molecule has 0 unspecified atom stereocenters. The van der Waals surface area contributed by atoms with E-state index in [9.17, 15) is 37.2 Å². The van der Waals surface area contributed by atoms with E-state index in [2.05, 4.69) is 36.9 Å². The van der Waals surface area contributed by atoms with Crippen molar-refractivity contribution in [2.45, 2.75) is 112 Å². The minimum atomic E-state index is -3.75. The summed E-state index contributed by atoms with van der Waals surface area (Å²) in [6.45, 7) is 9.38. The van der Waals surface area contributed by atoms with Crippen LogP contribution in [0.2, 0.25) is 0 Å². The summed E-state index contributed by atoms with van der Waals surface area (Å²) in [5.41, 5.74) is 0. The average Bonchev–Trinajstić information content (AvgIpc) is 2.12. The van der Waals surface area contributed by atoms with Crippen molar-refractivity contribution in [3.63, 3.8) is 0 Å². The van der Waals surface area contributed by atoms with Gasteiger partial charge >= 0.3 is 6.03 Å². The monoisotopic (exact) mass is 1220 g/mol. The number of benzene rings is 1. The first-order valence-electron chi connectivity index (χ1n) is 30.0. The molecule has 0 saturated carbocycles. The van der Waals surface area contributed by atoms with Crippen LogP contribution >= 0.6 is 11.8 Å². The number of carbonyl (C=O) groups excluding carboxylic acids is 6. The number of hydrogen-bond acceptors (Lipinski definition) is 18. The van der Waals surface area contributed by atoms with Crippen LogP contribution in [0.25, 0.3) is 10.8 Å². The maximum absolute atomic E-state index is 13.4. The zero-order valence-corrected chi connectivity index (χ0v) is 50.6. The molecule has 474 valence electrons. The van der Waals surface area contributed by atoms with Crippen LogP contribution in [0.5, 0.6) is 0 Å². The summed E-state index contributed by atoms with van der Waals surface area (Å²) >= 11 is 1.90. The molecule has 84 heavy (non-hydrogen) atoms. The molecule has 2 aromatic rings. The minimum absolute atomic E-state index is 0.0178. The normalized spacial score (nSPS) is 17.0. The molecule has 4 heterocycles. The molecule has 3 aliphatic heterocycles. The molecule has 1 aromatic carbocycles. The molecule has 1 aromatic heterocycles. The van der Waals surface area contributed by atoms with Gasteiger partial charge in [-0.25, -0.2) is 13.2 Å². The van der Waals surface area contributed by atoms with Crippen LogP contribution in [0.4, 0.5) is 4.79 Å². The van der Waals surface area contributed by atoms with E-state index in [0.717, 1.165) is 68.9 Å². The number of amides is 7. The van der Waals surface area contributed by atoms with E-state index < -0.39 is 10.0 Å². The van der Waals surface area contributed by atoms with Crippen molar-refractivity contribution in [1.29, 1.82) is 0 Å². The number of carbonyl (C=O) groups is 6. The highest BCUT2D eigenvalue weighted by atomic mass is 32.2. The van der Waals surface area contributed by atoms with E-state index in [1.807, 2.05) is 17.8 Å². The molecule has 7 amide bonds. The zero-order valence-electron chi connectivity index (χ0n) is 49.0. The number of rotatable bonds is 49. The van der Waals surface area contributed by atoms with Gasteiger partial charge in [0.1, 0.15) is 0 Å². The van der Waals surface area contributed by atoms with E-state index in [1.165, 1.54) is 4.31 Å². The lowest BCUT2D eigenvalue weighted by molar-refractivity contribution is -0.134. The first-order chi connectivity index (χ1) is 41.0. The van der Waals surface area contributed by atoms with E-state index in [4.69, 9.17) is 37.9 Å². The summed E-state index contributed by atoms with van der Waals surface area (Å²) in [6, 6.07) is 7.15. The van der Waals surface area contributed by atoms with E-state index >= 15 is 0 Å². The van der Waals surface area contributed by atoms with Crippen molar-refractivity contribution in [3.05, 3.63) is 36.7 Å². The molecule has 25 nitrogen and oxygen atoms in total. The van der Waals surface area contributed by atoms with Crippen molar-refractivity contribution in [2.24, 2.45) is 0 Å². The standard InChI is InChI=1S/C57H93N9O16S2/c67-51(13-3-1-7-20-60-52(68)15-6-5-11-49-56-48(45-83-49)63-57(72)64-56)59-19-8-2-4-14-53(69)61-22-28-75-30-32-77-34-36-79-38-40-81-42-43-82-41-39-80-37-35-78-33-31-76-29-23-62-54(70)16-17-55(71)65-24-26-66(27-25-65)84(73,74)50-12-9-10-46-44-58-21-18-47(46)50/h9-10,12,18,21,44,48-49,56H,1-8,11,13-17,19-20,22-43,45H2,(H,59,67)(H,60,68)(H,61,69)(H,62,70)(H2,63,64,72)/t48-,49-,56-/m0/s1. The van der Waals surface area contributed by atoms with Crippen LogP contribution < -0.4 is 31.9 Å². The highest BCUT2D eigenvalue weighted by Crippen LogP contribution is 2.33. The average molecular weight is 1220 g/mol. The number of pyridine rings is 1. The predicted molar refractivity (Wildman–Crippen MR) is 316 cm³/mol. The van der Waals surface area contributed by atoms with E-state index in [1.54, 1.807) is 35.5 Å². The van der Waals surface area contributed by atoms with Gasteiger partial charge in [0.05, 0.1) is 123 Å². The lowest BCUT2D eigenvalue weighted by atomic mass is 10.0. The van der Waals surface area contributed by atoms with E-state index in [0.29, 0.717) is 162 Å². The zero-order chi connectivity index (χ0) is 59.7. The smallest absolute Gasteiger partial charge is 0.315 e. The number of fused-ring (bicyclic) bond motifs is 2. The Balaban J connectivity index is 0.657. The largest absolute Gasteiger partial charge is 0.377 e. The van der Waals surface area contributed by atoms with Crippen LogP contribution in [-0.4, -0.2) is 239 Å². The SMILES string of the molecule is O=C(CCCCCNC(=O)CCCC[C@@H]1SC[C@@H]2NC(=O)N[C@@H]21)NCCCCCC(=O)NCCOCCOCCOCCOCCOCCOCCOCCOCCNC(=O)CCC(=O)N1CCN(S(=O)(=O)c2cccc3cnccc23)CC1. The van der Waals surface area contributed by atoms with Crippen LogP contribution in [0, 0.1) is 0 Å². The third kappa shape index (κ3) is 29.1. The van der Waals surface area contributed by atoms with E-state index in [-0.39, 0.29) is 91.6 Å². The van der Waals surface area contributed by atoms with Gasteiger partial charge in [-0.3, -0.25) is 29.0 Å². The molecular formula is C57H93N9O16S2. The summed E-state index contributed by atoms with van der Waals surface area (Å²) in [5.74, 6) is 0.584. The quantitative estimate of drug-likeness (QED) is 0.0409. The third-order valence-corrected chi connectivity index (χ3v) is 17.5. The first kappa shape index (κ1) is 70.0. The van der Waals surface area contributed by atoms with Gasteiger partial charge < -0.3 is 74.7 Å². The molecule has 3 fully saturated rings. The van der Waals surface area contributed by atoms with Gasteiger partial charge in [-0.15, -0.1) is 0 Å². The van der Waals surface area contributed by atoms with Crippen molar-refractivity contribution < 1.29 is 75.1 Å². The number of aromatic nitrogens is 1. The molecule has 5 rings (SSSR count). The molecule has 6 N–H and O–H groups in total. The number of nitrogens with zero attached hydrogens (tertiary/aromatic N) is 3. The minimum Gasteiger partial charge on any atom is -0.377 e. The highest BCUT2D eigenvalue weighted by Gasteiger charge is 2.42. The summed E-state index contributed by atoms with van der Waals surface area (Å²) < 4.78 is 72.3. The number of sulfonamides is 1. The van der Waals surface area contributed by atoms with Crippen LogP contribution in [-0.2, 0) is 71.9 Å². The molecular weight excluding hydrogens is 1130 g/mol. The summed E-state index contributed by atoms with van der Waals surface area (Å²) in [4.78, 5) is 79.0. The second-order valence-corrected chi connectivity index (χ2v) is 23.6. The third-order valence-electron chi connectivity index (χ3n) is 14.0. The Bertz CT molecular complexity index is 2330. The molecule has 3 atom stereocenters. The number of thioether (sulfide) groups is 1. The summed E-state index contributed by atoms with van der Waals surface area (Å²) in [5, 5.41) is 19.3. The van der Waals surface area contributed by atoms with Gasteiger partial charge in [-0.2, -0.15) is 16.1 Å². The number of unbranched alkanes of at least 4 members (excludes halogenated alkanes) is 5. The van der Waals surface area contributed by atoms with Gasteiger partial charge in [-0.05, 0) is 50.7 Å². The van der Waals surface area contributed by atoms with Gasteiger partial charge in [0.15, 0.2) is 0 Å². The maximum atomic E-state index is 13.4. The summed E-state index contributed by atoms with van der Waals surface area (Å²) in [6.07, 6.45) is 12.4. The molecule has 0 aliphatic carbocycles. The number of urea groups is 1. The highest BCUT2D eigenvalue weighted by molar-refractivity contribution is 8.00. The summed E-state index contributed by atoms with van der Waals surface area (Å²) in [7, 11) is -3.75. The van der Waals surface area contributed by atoms with Gasteiger partial charge in [0.2, 0.25) is 39.6 Å². The lowest BCUT2D eigenvalue weighted by Crippen LogP contribution is -2.50. The topological polar surface area (TPSA) is 302 Å². The second-order valence-electron chi connectivity index (χ2n) is 20.4. The van der Waals surface area contributed by atoms with Crippen molar-refractivity contribution >= 4 is 68.1 Å². The van der Waals surface area contributed by atoms with Crippen LogP contribution in [0.3, 0.4) is 0 Å². The number of ether oxygens (including phenoxy) is 8. The number of nitrogens with one attached hydrogen (secondary N) is 6. The Morgan fingerprint density at radius 3 is 1.51 bits per heavy atom. The Kier molecular flexibility index (Phi) is 35.7.